The van der Waals surface area contributed by atoms with Crippen LogP contribution in [0, 0.1) is 0 Å². The molecule has 0 fully saturated rings. The molecule has 0 aliphatic rings. The standard InChI is InChI=1S/C36H24N2S2/c1-3-9-26(10-4-1)38(27-11-5-2-6-12-27)28-17-19-31-30-18-15-25(22-35(30)40-36(31)23-28)37-24-16-20-34-32(21-24)29-13-7-8-14-33(29)39-34/h1-23,37H. The lowest BCUT2D eigenvalue weighted by Gasteiger charge is -2.25. The van der Waals surface area contributed by atoms with Gasteiger partial charge in [0.25, 0.3) is 0 Å². The summed E-state index contributed by atoms with van der Waals surface area (Å²) in [5, 5.41) is 8.88. The van der Waals surface area contributed by atoms with Crippen LogP contribution < -0.4 is 10.2 Å². The number of hydrogen-bond acceptors (Lipinski definition) is 4. The van der Waals surface area contributed by atoms with Crippen molar-refractivity contribution in [1.82, 2.24) is 0 Å². The maximum Gasteiger partial charge on any atom is 0.0476 e. The molecule has 40 heavy (non-hydrogen) atoms. The fraction of sp³-hybridized carbons (Fsp3) is 0. The summed E-state index contributed by atoms with van der Waals surface area (Å²) < 4.78 is 5.22. The van der Waals surface area contributed by atoms with Crippen LogP contribution in [0.2, 0.25) is 0 Å². The minimum atomic E-state index is 1.10. The summed E-state index contributed by atoms with van der Waals surface area (Å²) in [6.07, 6.45) is 0. The molecule has 0 aliphatic heterocycles. The highest BCUT2D eigenvalue weighted by Crippen LogP contribution is 2.41. The monoisotopic (exact) mass is 548 g/mol. The smallest absolute Gasteiger partial charge is 0.0476 e. The number of nitrogens with zero attached hydrogens (tertiary/aromatic N) is 1. The first kappa shape index (κ1) is 23.3. The van der Waals surface area contributed by atoms with Gasteiger partial charge in [-0.2, -0.15) is 0 Å². The second-order valence-electron chi connectivity index (χ2n) is 9.93. The Morgan fingerprint density at radius 3 is 1.70 bits per heavy atom. The molecule has 0 aliphatic carbocycles. The SMILES string of the molecule is c1ccc(N(c2ccccc2)c2ccc3c(c2)sc2cc(Nc4ccc5sc6ccccc6c5c4)ccc23)cc1. The number of anilines is 5. The van der Waals surface area contributed by atoms with Gasteiger partial charge in [-0.25, -0.2) is 0 Å². The number of nitrogens with one attached hydrogen (secondary N) is 1. The van der Waals surface area contributed by atoms with Gasteiger partial charge in [-0.1, -0.05) is 66.7 Å². The van der Waals surface area contributed by atoms with Gasteiger partial charge >= 0.3 is 0 Å². The lowest BCUT2D eigenvalue weighted by atomic mass is 10.1. The number of para-hydroxylation sites is 2. The quantitative estimate of drug-likeness (QED) is 0.230. The summed E-state index contributed by atoms with van der Waals surface area (Å²) >= 11 is 3.70. The Bertz CT molecular complexity index is 2100. The van der Waals surface area contributed by atoms with E-state index in [0.29, 0.717) is 0 Å². The molecule has 0 unspecified atom stereocenters. The molecular weight excluding hydrogens is 525 g/mol. The predicted octanol–water partition coefficient (Wildman–Crippen LogP) is 11.6. The lowest BCUT2D eigenvalue weighted by molar-refractivity contribution is 1.29. The topological polar surface area (TPSA) is 15.3 Å². The third kappa shape index (κ3) is 4.01. The van der Waals surface area contributed by atoms with E-state index in [1.165, 1.54) is 40.3 Å². The lowest BCUT2D eigenvalue weighted by Crippen LogP contribution is -2.09. The molecule has 0 atom stereocenters. The van der Waals surface area contributed by atoms with Crippen LogP contribution in [0.3, 0.4) is 0 Å². The summed E-state index contributed by atoms with van der Waals surface area (Å²) in [6.45, 7) is 0. The molecule has 0 radical (unpaired) electrons. The second kappa shape index (κ2) is 9.53. The molecule has 0 saturated carbocycles. The van der Waals surface area contributed by atoms with Crippen molar-refractivity contribution in [2.24, 2.45) is 0 Å². The summed E-state index contributed by atoms with van der Waals surface area (Å²) in [5.74, 6) is 0. The zero-order valence-electron chi connectivity index (χ0n) is 21.5. The molecule has 190 valence electrons. The van der Waals surface area contributed by atoms with Crippen molar-refractivity contribution in [3.05, 3.63) is 140 Å². The van der Waals surface area contributed by atoms with Gasteiger partial charge < -0.3 is 10.2 Å². The van der Waals surface area contributed by atoms with Crippen LogP contribution in [0.25, 0.3) is 40.3 Å². The molecular formula is C36H24N2S2. The average molecular weight is 549 g/mol. The number of thiophene rings is 2. The molecule has 0 saturated heterocycles. The van der Waals surface area contributed by atoms with Crippen molar-refractivity contribution in [2.75, 3.05) is 10.2 Å². The van der Waals surface area contributed by atoms with Crippen LogP contribution in [0.4, 0.5) is 28.4 Å². The van der Waals surface area contributed by atoms with Gasteiger partial charge in [0.05, 0.1) is 0 Å². The number of benzene rings is 6. The molecule has 4 heteroatoms. The van der Waals surface area contributed by atoms with Crippen LogP contribution in [0.5, 0.6) is 0 Å². The summed E-state index contributed by atoms with van der Waals surface area (Å²) in [6, 6.07) is 50.0. The van der Waals surface area contributed by atoms with Gasteiger partial charge in [0.2, 0.25) is 0 Å². The van der Waals surface area contributed by atoms with E-state index in [0.717, 1.165) is 28.4 Å². The highest BCUT2D eigenvalue weighted by Gasteiger charge is 2.14. The van der Waals surface area contributed by atoms with Crippen LogP contribution >= 0.6 is 22.7 Å². The van der Waals surface area contributed by atoms with Gasteiger partial charge in [0.1, 0.15) is 0 Å². The van der Waals surface area contributed by atoms with Crippen molar-refractivity contribution in [1.29, 1.82) is 0 Å². The number of fused-ring (bicyclic) bond motifs is 6. The first-order chi connectivity index (χ1) is 19.8. The summed E-state index contributed by atoms with van der Waals surface area (Å²) in [5.41, 5.74) is 5.67. The molecule has 6 aromatic carbocycles. The van der Waals surface area contributed by atoms with Crippen LogP contribution in [-0.4, -0.2) is 0 Å². The van der Waals surface area contributed by atoms with Gasteiger partial charge in [0, 0.05) is 68.8 Å². The van der Waals surface area contributed by atoms with E-state index in [1.54, 1.807) is 0 Å². The second-order valence-corrected chi connectivity index (χ2v) is 12.1. The Labute approximate surface area is 240 Å². The first-order valence-electron chi connectivity index (χ1n) is 13.4. The molecule has 2 nitrogen and oxygen atoms in total. The van der Waals surface area contributed by atoms with Gasteiger partial charge in [0.15, 0.2) is 0 Å². The van der Waals surface area contributed by atoms with Crippen LogP contribution in [0.15, 0.2) is 140 Å². The minimum absolute atomic E-state index is 1.10. The zero-order chi connectivity index (χ0) is 26.5. The Hall–Kier alpha value is -4.64. The highest BCUT2D eigenvalue weighted by atomic mass is 32.1. The highest BCUT2D eigenvalue weighted by molar-refractivity contribution is 7.26. The Kier molecular flexibility index (Phi) is 5.54. The molecule has 8 aromatic rings. The summed E-state index contributed by atoms with van der Waals surface area (Å²) in [7, 11) is 0. The van der Waals surface area contributed by atoms with Crippen LogP contribution in [0.1, 0.15) is 0 Å². The normalized spacial score (nSPS) is 11.5. The van der Waals surface area contributed by atoms with E-state index in [9.17, 15) is 0 Å². The average Bonchev–Trinajstić information content (AvgIpc) is 3.55. The van der Waals surface area contributed by atoms with Gasteiger partial charge in [-0.3, -0.25) is 0 Å². The molecule has 8 rings (SSSR count). The van der Waals surface area contributed by atoms with Crippen molar-refractivity contribution in [3.63, 3.8) is 0 Å². The third-order valence-electron chi connectivity index (χ3n) is 7.41. The maximum absolute atomic E-state index is 3.66. The van der Waals surface area contributed by atoms with Gasteiger partial charge in [-0.05, 0) is 72.8 Å². The Morgan fingerprint density at radius 1 is 0.375 bits per heavy atom. The molecule has 0 spiro atoms. The number of rotatable bonds is 5. The first-order valence-corrected chi connectivity index (χ1v) is 15.0. The van der Waals surface area contributed by atoms with Crippen molar-refractivity contribution >= 4 is 91.5 Å². The van der Waals surface area contributed by atoms with Gasteiger partial charge in [-0.15, -0.1) is 22.7 Å². The fourth-order valence-electron chi connectivity index (χ4n) is 5.55. The Balaban J connectivity index is 1.17. The van der Waals surface area contributed by atoms with E-state index >= 15 is 0 Å². The van der Waals surface area contributed by atoms with Crippen molar-refractivity contribution in [2.45, 2.75) is 0 Å². The third-order valence-corrected chi connectivity index (χ3v) is 9.68. The minimum Gasteiger partial charge on any atom is -0.355 e. The van der Waals surface area contributed by atoms with Crippen LogP contribution in [-0.2, 0) is 0 Å². The molecule has 2 heterocycles. The van der Waals surface area contributed by atoms with E-state index in [-0.39, 0.29) is 0 Å². The predicted molar refractivity (Wildman–Crippen MR) is 177 cm³/mol. The van der Waals surface area contributed by atoms with E-state index in [1.807, 2.05) is 22.7 Å². The van der Waals surface area contributed by atoms with E-state index in [4.69, 9.17) is 0 Å². The molecule has 1 N–H and O–H groups in total. The zero-order valence-corrected chi connectivity index (χ0v) is 23.2. The maximum atomic E-state index is 3.66. The van der Waals surface area contributed by atoms with Crippen molar-refractivity contribution in [3.8, 4) is 0 Å². The van der Waals surface area contributed by atoms with E-state index < -0.39 is 0 Å². The summed E-state index contributed by atoms with van der Waals surface area (Å²) in [4.78, 5) is 2.32. The molecule has 2 aromatic heterocycles. The largest absolute Gasteiger partial charge is 0.355 e. The van der Waals surface area contributed by atoms with Crippen molar-refractivity contribution < 1.29 is 0 Å². The fourth-order valence-corrected chi connectivity index (χ4v) is 7.82. The Morgan fingerprint density at radius 2 is 0.925 bits per heavy atom. The molecule has 0 amide bonds. The molecule has 0 bridgehead atoms. The van der Waals surface area contributed by atoms with E-state index in [2.05, 4.69) is 150 Å². The number of hydrogen-bond donors (Lipinski definition) is 1.